The number of phenols is 1. The summed E-state index contributed by atoms with van der Waals surface area (Å²) in [6, 6.07) is 19.9. The van der Waals surface area contributed by atoms with E-state index in [0.29, 0.717) is 35.5 Å². The lowest BCUT2D eigenvalue weighted by molar-refractivity contribution is -0.120. The van der Waals surface area contributed by atoms with Crippen LogP contribution >= 0.6 is 11.6 Å². The third-order valence-corrected chi connectivity index (χ3v) is 7.32. The number of nitrogens with one attached hydrogen (secondary N) is 1. The van der Waals surface area contributed by atoms with Crippen LogP contribution in [0.5, 0.6) is 5.75 Å². The predicted molar refractivity (Wildman–Crippen MR) is 150 cm³/mol. The SMILES string of the molecule is CCC1(CC(O)(Cc2ccc(CC(=O)NCc3cccc(Cl)c3)cc2)c2ccc(O)c(CO)c2)C=CC=N1. The molecule has 198 valence electrons. The van der Waals surface area contributed by atoms with Gasteiger partial charge in [-0.3, -0.25) is 9.79 Å². The minimum Gasteiger partial charge on any atom is -0.508 e. The maximum absolute atomic E-state index is 12.5. The molecule has 0 fully saturated rings. The number of allylic oxidation sites excluding steroid dienone is 1. The van der Waals surface area contributed by atoms with Crippen molar-refractivity contribution in [3.05, 3.63) is 112 Å². The standard InChI is InChI=1S/C31H33ClN2O4/c1-2-30(13-4-14-34-30)21-31(38,26-11-12-28(36)25(17-26)20-35)18-23-9-7-22(8-10-23)16-29(37)33-19-24-5-3-6-27(32)15-24/h3-15,17,35-36,38H,2,16,18-21H2,1H3,(H,33,37). The van der Waals surface area contributed by atoms with Crippen LogP contribution in [0.25, 0.3) is 0 Å². The lowest BCUT2D eigenvalue weighted by Crippen LogP contribution is -2.38. The number of hydrogen-bond acceptors (Lipinski definition) is 5. The average Bonchev–Trinajstić information content (AvgIpc) is 3.37. The van der Waals surface area contributed by atoms with Gasteiger partial charge in [-0.1, -0.05) is 67.1 Å². The van der Waals surface area contributed by atoms with Gasteiger partial charge in [-0.05, 0) is 59.0 Å². The van der Waals surface area contributed by atoms with E-state index in [9.17, 15) is 20.1 Å². The van der Waals surface area contributed by atoms with Crippen molar-refractivity contribution in [1.29, 1.82) is 0 Å². The van der Waals surface area contributed by atoms with Crippen LogP contribution in [0.3, 0.4) is 0 Å². The van der Waals surface area contributed by atoms with Gasteiger partial charge < -0.3 is 20.6 Å². The monoisotopic (exact) mass is 532 g/mol. The van der Waals surface area contributed by atoms with Gasteiger partial charge in [-0.2, -0.15) is 0 Å². The lowest BCUT2D eigenvalue weighted by Gasteiger charge is -2.36. The van der Waals surface area contributed by atoms with Crippen LogP contribution in [-0.4, -0.2) is 33.0 Å². The fourth-order valence-corrected chi connectivity index (χ4v) is 5.09. The molecule has 0 saturated carbocycles. The predicted octanol–water partition coefficient (Wildman–Crippen LogP) is 5.01. The van der Waals surface area contributed by atoms with Gasteiger partial charge in [0, 0.05) is 36.2 Å². The maximum Gasteiger partial charge on any atom is 0.224 e. The van der Waals surface area contributed by atoms with Crippen LogP contribution in [0.1, 0.15) is 47.6 Å². The third kappa shape index (κ3) is 6.70. The largest absolute Gasteiger partial charge is 0.508 e. The number of nitrogens with zero attached hydrogens (tertiary/aromatic N) is 1. The molecule has 7 heteroatoms. The highest BCUT2D eigenvalue weighted by Crippen LogP contribution is 2.40. The summed E-state index contributed by atoms with van der Waals surface area (Å²) < 4.78 is 0. The number of halogens is 1. The molecule has 4 N–H and O–H groups in total. The Morgan fingerprint density at radius 3 is 2.47 bits per heavy atom. The fraction of sp³-hybridized carbons (Fsp3) is 0.290. The molecule has 0 radical (unpaired) electrons. The van der Waals surface area contributed by atoms with Gasteiger partial charge in [0.05, 0.1) is 24.2 Å². The molecular weight excluding hydrogens is 500 g/mol. The van der Waals surface area contributed by atoms with Gasteiger partial charge in [-0.25, -0.2) is 0 Å². The summed E-state index contributed by atoms with van der Waals surface area (Å²) in [4.78, 5) is 17.1. The second kappa shape index (κ2) is 11.9. The highest BCUT2D eigenvalue weighted by molar-refractivity contribution is 6.30. The molecule has 38 heavy (non-hydrogen) atoms. The Morgan fingerprint density at radius 2 is 1.82 bits per heavy atom. The van der Waals surface area contributed by atoms with E-state index < -0.39 is 11.1 Å². The zero-order valence-corrected chi connectivity index (χ0v) is 22.2. The Kier molecular flexibility index (Phi) is 8.67. The normalized spacial score (nSPS) is 17.9. The summed E-state index contributed by atoms with van der Waals surface area (Å²) in [5.41, 5.74) is 1.81. The number of carbonyl (C=O) groups excluding carboxylic acids is 1. The van der Waals surface area contributed by atoms with E-state index in [4.69, 9.17) is 11.6 Å². The molecule has 0 spiro atoms. The second-order valence-corrected chi connectivity index (χ2v) is 10.3. The molecule has 2 unspecified atom stereocenters. The van der Waals surface area contributed by atoms with E-state index >= 15 is 0 Å². The first kappa shape index (κ1) is 27.6. The average molecular weight is 533 g/mol. The molecule has 0 aliphatic carbocycles. The number of rotatable bonds is 11. The van der Waals surface area contributed by atoms with Gasteiger partial charge in [0.15, 0.2) is 0 Å². The molecule has 1 aliphatic rings. The van der Waals surface area contributed by atoms with Crippen molar-refractivity contribution in [3.8, 4) is 5.75 Å². The number of aromatic hydroxyl groups is 1. The molecule has 0 aromatic heterocycles. The fourth-order valence-electron chi connectivity index (χ4n) is 4.88. The van der Waals surface area contributed by atoms with Crippen LogP contribution < -0.4 is 5.32 Å². The van der Waals surface area contributed by atoms with Crippen LogP contribution in [-0.2, 0) is 36.4 Å². The maximum atomic E-state index is 12.5. The number of carbonyl (C=O) groups is 1. The molecule has 4 rings (SSSR count). The zero-order valence-electron chi connectivity index (χ0n) is 21.4. The molecule has 0 bridgehead atoms. The number of aliphatic imine (C=N–C) groups is 1. The highest BCUT2D eigenvalue weighted by atomic mass is 35.5. The Morgan fingerprint density at radius 1 is 1.05 bits per heavy atom. The first-order valence-electron chi connectivity index (χ1n) is 12.7. The Balaban J connectivity index is 1.49. The number of hydrogen-bond donors (Lipinski definition) is 4. The van der Waals surface area contributed by atoms with E-state index in [1.54, 1.807) is 24.4 Å². The first-order chi connectivity index (χ1) is 18.2. The van der Waals surface area contributed by atoms with Gasteiger partial charge in [0.2, 0.25) is 5.91 Å². The van der Waals surface area contributed by atoms with Gasteiger partial charge in [0.1, 0.15) is 5.75 Å². The smallest absolute Gasteiger partial charge is 0.224 e. The summed E-state index contributed by atoms with van der Waals surface area (Å²) in [7, 11) is 0. The molecule has 0 saturated heterocycles. The van der Waals surface area contributed by atoms with Crippen molar-refractivity contribution in [1.82, 2.24) is 5.32 Å². The minimum absolute atomic E-state index is 0.0134. The summed E-state index contributed by atoms with van der Waals surface area (Å²) in [6.07, 6.45) is 7.26. The van der Waals surface area contributed by atoms with Crippen molar-refractivity contribution >= 4 is 23.7 Å². The van der Waals surface area contributed by atoms with Gasteiger partial charge >= 0.3 is 0 Å². The van der Waals surface area contributed by atoms with E-state index in [0.717, 1.165) is 23.1 Å². The molecule has 3 aromatic rings. The lowest BCUT2D eigenvalue weighted by atomic mass is 9.75. The molecule has 6 nitrogen and oxygen atoms in total. The summed E-state index contributed by atoms with van der Waals surface area (Å²) in [5, 5.41) is 35.4. The molecule has 3 aromatic carbocycles. The number of amides is 1. The number of aliphatic hydroxyl groups excluding tert-OH is 1. The van der Waals surface area contributed by atoms with E-state index in [1.807, 2.05) is 61.5 Å². The Bertz CT molecular complexity index is 1320. The quantitative estimate of drug-likeness (QED) is 0.279. The third-order valence-electron chi connectivity index (χ3n) is 7.09. The Labute approximate surface area is 228 Å². The van der Waals surface area contributed by atoms with Crippen molar-refractivity contribution in [2.24, 2.45) is 4.99 Å². The molecule has 1 amide bonds. The summed E-state index contributed by atoms with van der Waals surface area (Å²) in [5.74, 6) is -0.105. The molecule has 1 heterocycles. The van der Waals surface area contributed by atoms with Crippen LogP contribution in [0.2, 0.25) is 5.02 Å². The molecule has 1 aliphatic heterocycles. The van der Waals surface area contributed by atoms with Crippen molar-refractivity contribution < 1.29 is 20.1 Å². The highest BCUT2D eigenvalue weighted by Gasteiger charge is 2.40. The molecule has 2 atom stereocenters. The van der Waals surface area contributed by atoms with Crippen LogP contribution in [0, 0.1) is 0 Å². The summed E-state index contributed by atoms with van der Waals surface area (Å²) >= 11 is 6.01. The number of benzene rings is 3. The van der Waals surface area contributed by atoms with E-state index in [-0.39, 0.29) is 24.7 Å². The zero-order chi connectivity index (χ0) is 27.2. The van der Waals surface area contributed by atoms with Gasteiger partial charge in [-0.15, -0.1) is 0 Å². The van der Waals surface area contributed by atoms with E-state index in [2.05, 4.69) is 10.3 Å². The Hall–Kier alpha value is -3.45. The van der Waals surface area contributed by atoms with Crippen molar-refractivity contribution in [2.75, 3.05) is 0 Å². The first-order valence-corrected chi connectivity index (χ1v) is 13.1. The van der Waals surface area contributed by atoms with Crippen LogP contribution in [0.4, 0.5) is 0 Å². The topological polar surface area (TPSA) is 102 Å². The number of aliphatic hydroxyl groups is 2. The van der Waals surface area contributed by atoms with Crippen LogP contribution in [0.15, 0.2) is 83.9 Å². The van der Waals surface area contributed by atoms with Gasteiger partial charge in [0.25, 0.3) is 0 Å². The van der Waals surface area contributed by atoms with Crippen molar-refractivity contribution in [2.45, 2.75) is 56.9 Å². The van der Waals surface area contributed by atoms with E-state index in [1.165, 1.54) is 6.07 Å². The summed E-state index contributed by atoms with van der Waals surface area (Å²) in [6.45, 7) is 2.11. The second-order valence-electron chi connectivity index (χ2n) is 9.88. The minimum atomic E-state index is -1.31. The molecular formula is C31H33ClN2O4. The van der Waals surface area contributed by atoms with Crippen molar-refractivity contribution in [3.63, 3.8) is 0 Å².